The molecular formula is C24H28BNO5. The number of rotatable bonds is 7. The molecule has 2 heterocycles. The Hall–Kier alpha value is -2.64. The summed E-state index contributed by atoms with van der Waals surface area (Å²) in [6.45, 7) is 2.39. The van der Waals surface area contributed by atoms with Crippen LogP contribution in [0.25, 0.3) is 0 Å². The van der Waals surface area contributed by atoms with Crippen molar-refractivity contribution in [1.29, 1.82) is 0 Å². The Morgan fingerprint density at radius 1 is 1.00 bits per heavy atom. The number of likely N-dealkylation sites (N-methyl/N-ethyl adjacent to an activating group) is 1. The van der Waals surface area contributed by atoms with Crippen molar-refractivity contribution in [2.45, 2.75) is 50.2 Å². The molecule has 6 nitrogen and oxygen atoms in total. The van der Waals surface area contributed by atoms with Crippen LogP contribution in [0, 0.1) is 5.92 Å². The Labute approximate surface area is 183 Å². The maximum absolute atomic E-state index is 13.2. The number of benzene rings is 2. The van der Waals surface area contributed by atoms with Crippen molar-refractivity contribution in [3.63, 3.8) is 0 Å². The van der Waals surface area contributed by atoms with Crippen molar-refractivity contribution < 1.29 is 23.8 Å². The molecule has 2 aromatic carbocycles. The van der Waals surface area contributed by atoms with Gasteiger partial charge in [-0.25, -0.2) is 0 Å². The zero-order valence-corrected chi connectivity index (χ0v) is 18.2. The van der Waals surface area contributed by atoms with E-state index in [0.717, 1.165) is 11.1 Å². The first-order valence-electron chi connectivity index (χ1n) is 10.7. The molecule has 31 heavy (non-hydrogen) atoms. The van der Waals surface area contributed by atoms with Crippen LogP contribution in [-0.4, -0.2) is 55.4 Å². The molecule has 2 aliphatic heterocycles. The van der Waals surface area contributed by atoms with Crippen LogP contribution in [0.1, 0.15) is 24.5 Å². The first kappa shape index (κ1) is 21.6. The van der Waals surface area contributed by atoms with Crippen molar-refractivity contribution in [3.8, 4) is 0 Å². The molecule has 2 aliphatic rings. The quantitative estimate of drug-likeness (QED) is 0.503. The van der Waals surface area contributed by atoms with Crippen molar-refractivity contribution in [2.24, 2.45) is 5.92 Å². The molecule has 0 aromatic heterocycles. The minimum atomic E-state index is -0.958. The monoisotopic (exact) mass is 421 g/mol. The van der Waals surface area contributed by atoms with E-state index in [4.69, 9.17) is 14.2 Å². The number of nitrogens with zero attached hydrogens (tertiary/aromatic N) is 1. The third-order valence-electron chi connectivity index (χ3n) is 6.68. The summed E-state index contributed by atoms with van der Waals surface area (Å²) in [6.07, 6.45) is 0.0112. The Morgan fingerprint density at radius 3 is 2.13 bits per heavy atom. The zero-order valence-electron chi connectivity index (χ0n) is 18.2. The SMILES string of the molecule is B[C@@H]1O[C@]2(CC(=O)OCc3ccccc3)C(C(=O)OCc3ccccc3)C1N(C)[C@H]2C. The highest BCUT2D eigenvalue weighted by molar-refractivity contribution is 6.12. The summed E-state index contributed by atoms with van der Waals surface area (Å²) in [7, 11) is 3.92. The van der Waals surface area contributed by atoms with Crippen LogP contribution in [0.4, 0.5) is 0 Å². The average Bonchev–Trinajstić information content (AvgIpc) is 3.18. The number of morpholine rings is 1. The highest BCUT2D eigenvalue weighted by atomic mass is 16.6. The van der Waals surface area contributed by atoms with E-state index in [0.29, 0.717) is 0 Å². The average molecular weight is 421 g/mol. The molecule has 5 atom stereocenters. The highest BCUT2D eigenvalue weighted by Gasteiger charge is 2.68. The maximum atomic E-state index is 13.2. The predicted molar refractivity (Wildman–Crippen MR) is 118 cm³/mol. The number of hydrogen-bond donors (Lipinski definition) is 0. The minimum Gasteiger partial charge on any atom is -0.461 e. The Morgan fingerprint density at radius 2 is 1.55 bits per heavy atom. The number of likely N-dealkylation sites (tertiary alicyclic amines) is 1. The van der Waals surface area contributed by atoms with E-state index < -0.39 is 11.5 Å². The number of hydrogen-bond acceptors (Lipinski definition) is 6. The molecule has 0 spiro atoms. The Balaban J connectivity index is 1.48. The van der Waals surface area contributed by atoms with E-state index in [1.165, 1.54) is 0 Å². The van der Waals surface area contributed by atoms with Crippen LogP contribution in [0.2, 0.25) is 0 Å². The first-order chi connectivity index (χ1) is 14.9. The van der Waals surface area contributed by atoms with E-state index >= 15 is 0 Å². The molecule has 2 unspecified atom stereocenters. The molecule has 7 heteroatoms. The molecule has 162 valence electrons. The smallest absolute Gasteiger partial charge is 0.313 e. The second-order valence-electron chi connectivity index (χ2n) is 8.50. The lowest BCUT2D eigenvalue weighted by atomic mass is 9.80. The van der Waals surface area contributed by atoms with Gasteiger partial charge < -0.3 is 14.2 Å². The summed E-state index contributed by atoms with van der Waals surface area (Å²) >= 11 is 0. The maximum Gasteiger partial charge on any atom is 0.313 e. The summed E-state index contributed by atoms with van der Waals surface area (Å²) < 4.78 is 17.5. The lowest BCUT2D eigenvalue weighted by molar-refractivity contribution is -0.166. The van der Waals surface area contributed by atoms with Gasteiger partial charge in [-0.1, -0.05) is 60.7 Å². The molecule has 0 N–H and O–H groups in total. The minimum absolute atomic E-state index is 0.0112. The molecule has 0 radical (unpaired) electrons. The predicted octanol–water partition coefficient (Wildman–Crippen LogP) is 1.91. The van der Waals surface area contributed by atoms with E-state index in [2.05, 4.69) is 4.90 Å². The van der Waals surface area contributed by atoms with Gasteiger partial charge in [0.1, 0.15) is 32.6 Å². The topological polar surface area (TPSA) is 65.1 Å². The summed E-state index contributed by atoms with van der Waals surface area (Å²) in [5, 5.41) is 0. The molecule has 2 saturated heterocycles. The van der Waals surface area contributed by atoms with Gasteiger partial charge in [0.05, 0.1) is 6.42 Å². The van der Waals surface area contributed by atoms with Crippen molar-refractivity contribution in [2.75, 3.05) is 7.05 Å². The molecule has 0 aliphatic carbocycles. The van der Waals surface area contributed by atoms with Crippen molar-refractivity contribution in [3.05, 3.63) is 71.8 Å². The molecular weight excluding hydrogens is 393 g/mol. The van der Waals surface area contributed by atoms with E-state index in [1.807, 2.05) is 82.5 Å². The van der Waals surface area contributed by atoms with Crippen LogP contribution >= 0.6 is 0 Å². The fourth-order valence-corrected chi connectivity index (χ4v) is 5.05. The number of ether oxygens (including phenoxy) is 3. The third-order valence-corrected chi connectivity index (χ3v) is 6.68. The van der Waals surface area contributed by atoms with E-state index in [1.54, 1.807) is 0 Å². The van der Waals surface area contributed by atoms with Crippen LogP contribution in [0.5, 0.6) is 0 Å². The molecule has 2 bridgehead atoms. The molecule has 0 amide bonds. The zero-order chi connectivity index (χ0) is 22.0. The van der Waals surface area contributed by atoms with Gasteiger partial charge >= 0.3 is 11.9 Å². The molecule has 2 aromatic rings. The van der Waals surface area contributed by atoms with Gasteiger partial charge in [-0.3, -0.25) is 14.5 Å². The second-order valence-corrected chi connectivity index (χ2v) is 8.50. The van der Waals surface area contributed by atoms with Crippen LogP contribution in [-0.2, 0) is 37.0 Å². The van der Waals surface area contributed by atoms with Gasteiger partial charge in [0.2, 0.25) is 0 Å². The lowest BCUT2D eigenvalue weighted by Crippen LogP contribution is -2.53. The van der Waals surface area contributed by atoms with Gasteiger partial charge in [0.25, 0.3) is 0 Å². The van der Waals surface area contributed by atoms with Crippen molar-refractivity contribution >= 4 is 19.8 Å². The normalized spacial score (nSPS) is 29.6. The molecule has 4 rings (SSSR count). The van der Waals surface area contributed by atoms with Gasteiger partial charge in [-0.05, 0) is 25.1 Å². The van der Waals surface area contributed by atoms with Crippen molar-refractivity contribution in [1.82, 2.24) is 4.90 Å². The van der Waals surface area contributed by atoms with Gasteiger partial charge in [-0.2, -0.15) is 0 Å². The van der Waals surface area contributed by atoms with E-state index in [9.17, 15) is 9.59 Å². The summed E-state index contributed by atoms with van der Waals surface area (Å²) in [6, 6.07) is 18.7. The van der Waals surface area contributed by atoms with Crippen LogP contribution < -0.4 is 0 Å². The number of esters is 2. The highest BCUT2D eigenvalue weighted by Crippen LogP contribution is 2.51. The lowest BCUT2D eigenvalue weighted by Gasteiger charge is -2.40. The summed E-state index contributed by atoms with van der Waals surface area (Å²) in [5.41, 5.74) is 0.885. The van der Waals surface area contributed by atoms with Gasteiger partial charge in [0, 0.05) is 18.1 Å². The fraction of sp³-hybridized carbons (Fsp3) is 0.417. The first-order valence-corrected chi connectivity index (χ1v) is 10.7. The van der Waals surface area contributed by atoms with Gasteiger partial charge in [-0.15, -0.1) is 0 Å². The van der Waals surface area contributed by atoms with Crippen LogP contribution in [0.15, 0.2) is 60.7 Å². The second kappa shape index (κ2) is 8.85. The molecule has 2 fully saturated rings. The molecule has 0 saturated carbocycles. The number of carbonyl (C=O) groups excluding carboxylic acids is 2. The fourth-order valence-electron chi connectivity index (χ4n) is 5.05. The summed E-state index contributed by atoms with van der Waals surface area (Å²) in [4.78, 5) is 28.1. The largest absolute Gasteiger partial charge is 0.461 e. The third kappa shape index (κ3) is 4.12. The summed E-state index contributed by atoms with van der Waals surface area (Å²) in [5.74, 6) is -1.25. The van der Waals surface area contributed by atoms with Gasteiger partial charge in [0.15, 0.2) is 0 Å². The standard InChI is InChI=1S/C24H28BNO5/c1-16-24(13-19(27)29-14-17-9-5-3-6-10-17)20(21(26(16)2)22(25)31-24)23(28)30-15-18-11-7-4-8-12-18/h3-12,16,20-22H,13-15,25H2,1-2H3/t16-,20?,21?,22+,24-/m0/s1. The Kier molecular flexibility index (Phi) is 6.16. The number of carbonyl (C=O) groups is 2. The number of fused-ring (bicyclic) bond motifs is 2. The Bertz CT molecular complexity index is 924. The van der Waals surface area contributed by atoms with Crippen LogP contribution in [0.3, 0.4) is 0 Å². The van der Waals surface area contributed by atoms with E-state index in [-0.39, 0.29) is 49.7 Å².